The molecular weight excluding hydrogens is 536 g/mol. The molecule has 1 atom stereocenters. The fraction of sp³-hybridized carbons (Fsp3) is 0.556. The summed E-state index contributed by atoms with van der Waals surface area (Å²) in [5, 5.41) is 2.67. The van der Waals surface area contributed by atoms with E-state index in [1.165, 1.54) is 4.57 Å². The van der Waals surface area contributed by atoms with Gasteiger partial charge in [0.05, 0.1) is 11.2 Å². The first kappa shape index (κ1) is 31.3. The van der Waals surface area contributed by atoms with Gasteiger partial charge in [0.25, 0.3) is 0 Å². The minimum atomic E-state index is -0.951. The number of nitrogens with one attached hydrogen (secondary N) is 1. The molecule has 0 spiro atoms. The average Bonchev–Trinajstić information content (AvgIpc) is 3.12. The van der Waals surface area contributed by atoms with Gasteiger partial charge < -0.3 is 26.0 Å². The zero-order valence-electron chi connectivity index (χ0n) is 23.3. The van der Waals surface area contributed by atoms with Crippen molar-refractivity contribution in [3.05, 3.63) is 47.0 Å². The third-order valence-electron chi connectivity index (χ3n) is 7.10. The first-order valence-corrected chi connectivity index (χ1v) is 13.6. The van der Waals surface area contributed by atoms with E-state index in [0.717, 1.165) is 44.6 Å². The summed E-state index contributed by atoms with van der Waals surface area (Å²) in [5.74, 6) is 0.745. The number of hydrogen-bond donors (Lipinski definition) is 3. The standard InChI is InChI=1S/C27H40N8O4.ClH/c1-27(2,29)24(36)33-14-16-34(17-15-33)25(37)30-23-10-13-35(26(38)31-23)21-5-7-22(8-6-21)39-19-18-32-11-3-4-20(28)9-12-32;/h5-8,10,13,20H,3-4,9,11-12,14-19,28-29H2,1-2H3,(H,30,31,37,38);1H. The average molecular weight is 577 g/mol. The van der Waals surface area contributed by atoms with Gasteiger partial charge in [-0.1, -0.05) is 0 Å². The molecule has 3 heterocycles. The number of piperazine rings is 1. The summed E-state index contributed by atoms with van der Waals surface area (Å²) in [6, 6.07) is 8.75. The number of amides is 3. The largest absolute Gasteiger partial charge is 0.492 e. The molecule has 12 nitrogen and oxygen atoms in total. The summed E-state index contributed by atoms with van der Waals surface area (Å²) in [7, 11) is 0. The first-order chi connectivity index (χ1) is 18.6. The molecule has 40 heavy (non-hydrogen) atoms. The van der Waals surface area contributed by atoms with Crippen molar-refractivity contribution in [2.24, 2.45) is 11.5 Å². The molecule has 13 heteroatoms. The number of likely N-dealkylation sites (tertiary alicyclic amines) is 1. The van der Waals surface area contributed by atoms with E-state index in [1.807, 2.05) is 12.1 Å². The number of nitrogens with zero attached hydrogens (tertiary/aromatic N) is 5. The summed E-state index contributed by atoms with van der Waals surface area (Å²) in [6.07, 6.45) is 4.79. The molecule has 4 rings (SSSR count). The van der Waals surface area contributed by atoms with Crippen LogP contribution in [0.25, 0.3) is 5.69 Å². The van der Waals surface area contributed by atoms with Gasteiger partial charge >= 0.3 is 11.7 Å². The lowest BCUT2D eigenvalue weighted by molar-refractivity contribution is -0.137. The van der Waals surface area contributed by atoms with Crippen molar-refractivity contribution in [3.8, 4) is 11.4 Å². The maximum absolute atomic E-state index is 12.7. The molecule has 0 bridgehead atoms. The predicted octanol–water partition coefficient (Wildman–Crippen LogP) is 1.26. The van der Waals surface area contributed by atoms with E-state index in [-0.39, 0.29) is 30.2 Å². The highest BCUT2D eigenvalue weighted by molar-refractivity contribution is 5.89. The number of rotatable bonds is 7. The summed E-state index contributed by atoms with van der Waals surface area (Å²) < 4.78 is 7.30. The van der Waals surface area contributed by atoms with Gasteiger partial charge in [0.15, 0.2) is 0 Å². The summed E-state index contributed by atoms with van der Waals surface area (Å²) in [5.41, 5.74) is 11.1. The number of nitrogens with two attached hydrogens (primary N) is 2. The van der Waals surface area contributed by atoms with Crippen LogP contribution in [0.5, 0.6) is 5.75 Å². The molecule has 2 saturated heterocycles. The lowest BCUT2D eigenvalue weighted by Gasteiger charge is -2.37. The van der Waals surface area contributed by atoms with Crippen LogP contribution in [0.2, 0.25) is 0 Å². The van der Waals surface area contributed by atoms with E-state index in [4.69, 9.17) is 16.2 Å². The van der Waals surface area contributed by atoms with Crippen molar-refractivity contribution in [2.75, 3.05) is 57.7 Å². The Morgan fingerprint density at radius 2 is 1.70 bits per heavy atom. The topological polar surface area (TPSA) is 152 Å². The van der Waals surface area contributed by atoms with Crippen molar-refractivity contribution in [2.45, 2.75) is 44.7 Å². The van der Waals surface area contributed by atoms with Crippen LogP contribution < -0.4 is 27.2 Å². The highest BCUT2D eigenvalue weighted by Crippen LogP contribution is 2.16. The lowest BCUT2D eigenvalue weighted by Crippen LogP contribution is -2.58. The number of carbonyl (C=O) groups is 2. The minimum Gasteiger partial charge on any atom is -0.492 e. The van der Waals surface area contributed by atoms with Gasteiger partial charge in [-0.15, -0.1) is 12.4 Å². The van der Waals surface area contributed by atoms with Gasteiger partial charge in [-0.25, -0.2) is 9.59 Å². The van der Waals surface area contributed by atoms with Crippen molar-refractivity contribution >= 4 is 30.2 Å². The molecule has 0 radical (unpaired) electrons. The molecule has 1 aromatic carbocycles. The van der Waals surface area contributed by atoms with E-state index < -0.39 is 11.2 Å². The third-order valence-corrected chi connectivity index (χ3v) is 7.10. The second-order valence-corrected chi connectivity index (χ2v) is 10.8. The van der Waals surface area contributed by atoms with Crippen molar-refractivity contribution in [3.63, 3.8) is 0 Å². The SMILES string of the molecule is CC(C)(N)C(=O)N1CCN(C(=O)Nc2ccn(-c3ccc(OCCN4CCCC(N)CC4)cc3)c(=O)n2)CC1.Cl. The highest BCUT2D eigenvalue weighted by Gasteiger charge is 2.31. The van der Waals surface area contributed by atoms with E-state index >= 15 is 0 Å². The number of aromatic nitrogens is 2. The zero-order chi connectivity index (χ0) is 28.0. The van der Waals surface area contributed by atoms with E-state index in [9.17, 15) is 14.4 Å². The van der Waals surface area contributed by atoms with Crippen LogP contribution in [-0.4, -0.2) is 100 Å². The molecular formula is C27H41ClN8O4. The van der Waals surface area contributed by atoms with Gasteiger partial charge in [0.2, 0.25) is 5.91 Å². The third kappa shape index (κ3) is 8.40. The van der Waals surface area contributed by atoms with E-state index in [2.05, 4.69) is 15.2 Å². The van der Waals surface area contributed by atoms with Gasteiger partial charge in [-0.2, -0.15) is 4.98 Å². The summed E-state index contributed by atoms with van der Waals surface area (Å²) in [4.78, 5) is 47.3. The van der Waals surface area contributed by atoms with Crippen LogP contribution in [0.3, 0.4) is 0 Å². The van der Waals surface area contributed by atoms with Crippen LogP contribution in [-0.2, 0) is 4.79 Å². The van der Waals surface area contributed by atoms with Crippen LogP contribution >= 0.6 is 12.4 Å². The number of hydrogen-bond acceptors (Lipinski definition) is 8. The quantitative estimate of drug-likeness (QED) is 0.445. The van der Waals surface area contributed by atoms with Crippen molar-refractivity contribution in [1.29, 1.82) is 0 Å². The maximum Gasteiger partial charge on any atom is 0.354 e. The number of anilines is 1. The predicted molar refractivity (Wildman–Crippen MR) is 156 cm³/mol. The van der Waals surface area contributed by atoms with Crippen LogP contribution in [0.15, 0.2) is 41.3 Å². The Bertz CT molecular complexity index is 1190. The van der Waals surface area contributed by atoms with E-state index in [0.29, 0.717) is 44.5 Å². The van der Waals surface area contributed by atoms with Crippen LogP contribution in [0, 0.1) is 0 Å². The molecule has 1 aromatic heterocycles. The molecule has 0 saturated carbocycles. The molecule has 2 aliphatic heterocycles. The Morgan fingerprint density at radius 1 is 1.02 bits per heavy atom. The monoisotopic (exact) mass is 576 g/mol. The molecule has 1 unspecified atom stereocenters. The second-order valence-electron chi connectivity index (χ2n) is 10.8. The number of urea groups is 1. The fourth-order valence-corrected chi connectivity index (χ4v) is 4.78. The fourth-order valence-electron chi connectivity index (χ4n) is 4.78. The van der Waals surface area contributed by atoms with Crippen molar-refractivity contribution in [1.82, 2.24) is 24.3 Å². The molecule has 220 valence electrons. The molecule has 0 aliphatic carbocycles. The Hall–Kier alpha value is -3.19. The smallest absolute Gasteiger partial charge is 0.354 e. The number of halogens is 1. The van der Waals surface area contributed by atoms with Gasteiger partial charge in [-0.05, 0) is 76.5 Å². The molecule has 2 fully saturated rings. The van der Waals surface area contributed by atoms with Gasteiger partial charge in [0, 0.05) is 45.0 Å². The first-order valence-electron chi connectivity index (χ1n) is 13.6. The molecule has 2 aromatic rings. The summed E-state index contributed by atoms with van der Waals surface area (Å²) >= 11 is 0. The normalized spacial score (nSPS) is 18.4. The number of carbonyl (C=O) groups excluding carboxylic acids is 2. The van der Waals surface area contributed by atoms with Crippen molar-refractivity contribution < 1.29 is 14.3 Å². The van der Waals surface area contributed by atoms with Crippen LogP contribution in [0.4, 0.5) is 10.6 Å². The van der Waals surface area contributed by atoms with E-state index in [1.54, 1.807) is 48.0 Å². The van der Waals surface area contributed by atoms with Crippen LogP contribution in [0.1, 0.15) is 33.1 Å². The minimum absolute atomic E-state index is 0. The molecule has 3 amide bonds. The van der Waals surface area contributed by atoms with Gasteiger partial charge in [0.1, 0.15) is 18.2 Å². The molecule has 5 N–H and O–H groups in total. The summed E-state index contributed by atoms with van der Waals surface area (Å²) in [6.45, 7) is 8.35. The lowest BCUT2D eigenvalue weighted by atomic mass is 10.1. The Balaban J connectivity index is 0.00000441. The maximum atomic E-state index is 12.7. The Morgan fingerprint density at radius 3 is 2.35 bits per heavy atom. The highest BCUT2D eigenvalue weighted by atomic mass is 35.5. The Labute approximate surface area is 241 Å². The molecule has 2 aliphatic rings. The van der Waals surface area contributed by atoms with Gasteiger partial charge in [-0.3, -0.25) is 19.6 Å². The number of ether oxygens (including phenoxy) is 1. The second kappa shape index (κ2) is 13.9. The number of benzene rings is 1. The Kier molecular flexibility index (Phi) is 10.9. The zero-order valence-corrected chi connectivity index (χ0v) is 24.1.